The van der Waals surface area contributed by atoms with Gasteiger partial charge in [0.2, 0.25) is 0 Å². The van der Waals surface area contributed by atoms with Gasteiger partial charge in [0.15, 0.2) is 11.7 Å². The number of hydrogen-bond acceptors (Lipinski definition) is 5. The van der Waals surface area contributed by atoms with Crippen LogP contribution in [0.25, 0.3) is 6.08 Å². The van der Waals surface area contributed by atoms with E-state index in [0.717, 1.165) is 5.56 Å². The van der Waals surface area contributed by atoms with Crippen LogP contribution in [-0.2, 0) is 20.8 Å². The first-order chi connectivity index (χ1) is 13.9. The van der Waals surface area contributed by atoms with Gasteiger partial charge in [-0.2, -0.15) is 0 Å². The molecule has 0 unspecified atom stereocenters. The molecule has 0 aromatic heterocycles. The number of thiocarbonyl (C=S) groups is 1. The van der Waals surface area contributed by atoms with Crippen molar-refractivity contribution >= 4 is 46.8 Å². The number of aryl methyl sites for hydroxylation is 1. The predicted octanol–water partition coefficient (Wildman–Crippen LogP) is 1.94. The van der Waals surface area contributed by atoms with Crippen LogP contribution in [0.1, 0.15) is 18.1 Å². The monoisotopic (exact) mass is 409 g/mol. The van der Waals surface area contributed by atoms with Gasteiger partial charge in [0.05, 0.1) is 5.69 Å². The van der Waals surface area contributed by atoms with Crippen molar-refractivity contribution in [2.45, 2.75) is 13.3 Å². The number of benzene rings is 2. The number of carbonyl (C=O) groups excluding carboxylic acids is 3. The number of nitrogens with two attached hydrogens (primary N) is 1. The lowest BCUT2D eigenvalue weighted by molar-refractivity contribution is -0.122. The molecule has 3 amide bonds. The molecule has 1 heterocycles. The van der Waals surface area contributed by atoms with Crippen molar-refractivity contribution in [1.29, 1.82) is 0 Å². The van der Waals surface area contributed by atoms with Gasteiger partial charge in [-0.15, -0.1) is 0 Å². The predicted molar refractivity (Wildman–Crippen MR) is 113 cm³/mol. The second-order valence-corrected chi connectivity index (χ2v) is 6.65. The summed E-state index contributed by atoms with van der Waals surface area (Å²) in [7, 11) is 0. The summed E-state index contributed by atoms with van der Waals surface area (Å²) in [6.07, 6.45) is 2.20. The molecular formula is C21H19N3O4S. The Kier molecular flexibility index (Phi) is 6.04. The van der Waals surface area contributed by atoms with Gasteiger partial charge in [0.25, 0.3) is 17.7 Å². The first-order valence-electron chi connectivity index (χ1n) is 8.91. The maximum absolute atomic E-state index is 13.1. The highest BCUT2D eigenvalue weighted by Crippen LogP contribution is 2.26. The summed E-state index contributed by atoms with van der Waals surface area (Å²) in [4.78, 5) is 37.6. The summed E-state index contributed by atoms with van der Waals surface area (Å²) < 4.78 is 5.20. The Bertz CT molecular complexity index is 1010. The second-order valence-electron chi connectivity index (χ2n) is 6.26. The van der Waals surface area contributed by atoms with Crippen LogP contribution in [0.2, 0.25) is 0 Å². The van der Waals surface area contributed by atoms with E-state index in [1.807, 2.05) is 25.1 Å². The first kappa shape index (κ1) is 20.2. The summed E-state index contributed by atoms with van der Waals surface area (Å²) in [6.45, 7) is 1.75. The molecule has 3 rings (SSSR count). The van der Waals surface area contributed by atoms with Gasteiger partial charge in [0, 0.05) is 0 Å². The third kappa shape index (κ3) is 4.49. The summed E-state index contributed by atoms with van der Waals surface area (Å²) in [5.74, 6) is -1.18. The van der Waals surface area contributed by atoms with Crippen LogP contribution in [-0.4, -0.2) is 29.4 Å². The molecule has 148 valence electrons. The van der Waals surface area contributed by atoms with Crippen molar-refractivity contribution in [2.24, 2.45) is 5.73 Å². The summed E-state index contributed by atoms with van der Waals surface area (Å²) in [5, 5.41) is 2.63. The Morgan fingerprint density at radius 2 is 1.86 bits per heavy atom. The SMILES string of the molecule is CCc1ccccc1N1C(=O)/C(=C\c2ccc(OCC(N)=O)cc2)C(=O)NC1=S. The Labute approximate surface area is 173 Å². The van der Waals surface area contributed by atoms with Crippen molar-refractivity contribution in [3.8, 4) is 5.75 Å². The van der Waals surface area contributed by atoms with Crippen molar-refractivity contribution in [1.82, 2.24) is 5.32 Å². The first-order valence-corrected chi connectivity index (χ1v) is 9.32. The second kappa shape index (κ2) is 8.66. The van der Waals surface area contributed by atoms with Gasteiger partial charge in [-0.1, -0.05) is 37.3 Å². The molecule has 3 N–H and O–H groups in total. The molecule has 29 heavy (non-hydrogen) atoms. The zero-order valence-corrected chi connectivity index (χ0v) is 16.5. The Balaban J connectivity index is 1.90. The van der Waals surface area contributed by atoms with E-state index < -0.39 is 17.7 Å². The maximum Gasteiger partial charge on any atom is 0.270 e. The zero-order valence-electron chi connectivity index (χ0n) is 15.7. The summed E-state index contributed by atoms with van der Waals surface area (Å²) in [6, 6.07) is 14.0. The molecule has 0 bridgehead atoms. The number of nitrogens with one attached hydrogen (secondary N) is 1. The molecule has 2 aromatic rings. The smallest absolute Gasteiger partial charge is 0.270 e. The van der Waals surface area contributed by atoms with Crippen LogP contribution in [0.5, 0.6) is 5.75 Å². The third-order valence-electron chi connectivity index (χ3n) is 4.29. The van der Waals surface area contributed by atoms with E-state index in [1.165, 1.54) is 11.0 Å². The van der Waals surface area contributed by atoms with Crippen LogP contribution in [0.15, 0.2) is 54.1 Å². The van der Waals surface area contributed by atoms with E-state index in [1.54, 1.807) is 30.3 Å². The maximum atomic E-state index is 13.1. The van der Waals surface area contributed by atoms with Crippen molar-refractivity contribution in [3.63, 3.8) is 0 Å². The van der Waals surface area contributed by atoms with Crippen LogP contribution in [0, 0.1) is 0 Å². The number of carbonyl (C=O) groups is 3. The quantitative estimate of drug-likeness (QED) is 0.431. The lowest BCUT2D eigenvalue weighted by Gasteiger charge is -2.30. The largest absolute Gasteiger partial charge is 0.484 e. The fourth-order valence-corrected chi connectivity index (χ4v) is 3.16. The Morgan fingerprint density at radius 3 is 2.52 bits per heavy atom. The molecule has 8 heteroatoms. The highest BCUT2D eigenvalue weighted by Gasteiger charge is 2.35. The van der Waals surface area contributed by atoms with E-state index in [2.05, 4.69) is 5.32 Å². The number of rotatable bonds is 6. The lowest BCUT2D eigenvalue weighted by Crippen LogP contribution is -2.54. The van der Waals surface area contributed by atoms with Gasteiger partial charge >= 0.3 is 0 Å². The minimum atomic E-state index is -0.580. The number of para-hydroxylation sites is 1. The molecule has 0 saturated carbocycles. The van der Waals surface area contributed by atoms with E-state index in [-0.39, 0.29) is 17.3 Å². The van der Waals surface area contributed by atoms with Gasteiger partial charge in [0.1, 0.15) is 11.3 Å². The van der Waals surface area contributed by atoms with Crippen molar-refractivity contribution in [2.75, 3.05) is 11.5 Å². The zero-order chi connectivity index (χ0) is 21.0. The molecule has 0 spiro atoms. The van der Waals surface area contributed by atoms with Gasteiger partial charge in [-0.05, 0) is 54.0 Å². The number of ether oxygens (including phenoxy) is 1. The average molecular weight is 409 g/mol. The van der Waals surface area contributed by atoms with Crippen LogP contribution >= 0.6 is 12.2 Å². The average Bonchev–Trinajstić information content (AvgIpc) is 2.70. The van der Waals surface area contributed by atoms with Crippen LogP contribution < -0.4 is 20.7 Å². The van der Waals surface area contributed by atoms with Crippen molar-refractivity contribution in [3.05, 3.63) is 65.2 Å². The molecule has 0 radical (unpaired) electrons. The number of anilines is 1. The highest BCUT2D eigenvalue weighted by molar-refractivity contribution is 7.80. The lowest BCUT2D eigenvalue weighted by atomic mass is 10.0. The molecule has 1 aliphatic heterocycles. The van der Waals surface area contributed by atoms with Crippen molar-refractivity contribution < 1.29 is 19.1 Å². The third-order valence-corrected chi connectivity index (χ3v) is 4.57. The Morgan fingerprint density at radius 1 is 1.17 bits per heavy atom. The van der Waals surface area contributed by atoms with E-state index in [4.69, 9.17) is 22.7 Å². The molecule has 2 aromatic carbocycles. The summed E-state index contributed by atoms with van der Waals surface area (Å²) >= 11 is 5.25. The number of nitrogens with zero attached hydrogens (tertiary/aromatic N) is 1. The molecule has 0 atom stereocenters. The Hall–Kier alpha value is -3.52. The molecule has 0 aliphatic carbocycles. The molecule has 1 aliphatic rings. The van der Waals surface area contributed by atoms with Gasteiger partial charge in [-0.3, -0.25) is 24.6 Å². The minimum absolute atomic E-state index is 0.0321. The standard InChI is InChI=1S/C21H19N3O4S/c1-2-14-5-3-4-6-17(14)24-20(27)16(19(26)23-21(24)29)11-13-7-9-15(10-8-13)28-12-18(22)25/h3-11H,2,12H2,1H3,(H2,22,25)(H,23,26,29)/b16-11-. The van der Waals surface area contributed by atoms with Crippen LogP contribution in [0.3, 0.4) is 0 Å². The van der Waals surface area contributed by atoms with Gasteiger partial charge in [-0.25, -0.2) is 0 Å². The van der Waals surface area contributed by atoms with E-state index in [0.29, 0.717) is 23.4 Å². The normalized spacial score (nSPS) is 15.4. The van der Waals surface area contributed by atoms with E-state index >= 15 is 0 Å². The molecule has 1 saturated heterocycles. The number of hydrogen-bond donors (Lipinski definition) is 2. The minimum Gasteiger partial charge on any atom is -0.484 e. The fourth-order valence-electron chi connectivity index (χ4n) is 2.89. The number of amides is 3. The molecule has 7 nitrogen and oxygen atoms in total. The molecule has 1 fully saturated rings. The highest BCUT2D eigenvalue weighted by atomic mass is 32.1. The van der Waals surface area contributed by atoms with Gasteiger partial charge < -0.3 is 10.5 Å². The number of primary amides is 1. The molecular weight excluding hydrogens is 390 g/mol. The van der Waals surface area contributed by atoms with E-state index in [9.17, 15) is 14.4 Å². The van der Waals surface area contributed by atoms with Crippen LogP contribution in [0.4, 0.5) is 5.69 Å². The summed E-state index contributed by atoms with van der Waals surface area (Å²) in [5.41, 5.74) is 7.22. The topological polar surface area (TPSA) is 102 Å². The fraction of sp³-hybridized carbons (Fsp3) is 0.143.